The van der Waals surface area contributed by atoms with Gasteiger partial charge in [0.25, 0.3) is 0 Å². The second kappa shape index (κ2) is 4.38. The van der Waals surface area contributed by atoms with E-state index in [0.29, 0.717) is 6.54 Å². The molecule has 2 rings (SSSR count). The van der Waals surface area contributed by atoms with Crippen LogP contribution in [0.4, 0.5) is 4.39 Å². The highest BCUT2D eigenvalue weighted by Gasteiger charge is 2.21. The van der Waals surface area contributed by atoms with Crippen molar-refractivity contribution in [2.45, 2.75) is 13.5 Å². The maximum absolute atomic E-state index is 13.1. The van der Waals surface area contributed by atoms with Gasteiger partial charge in [-0.05, 0) is 13.0 Å². The Hall–Kier alpha value is -1.95. The number of aromatic nitrogens is 2. The van der Waals surface area contributed by atoms with Gasteiger partial charge in [0.1, 0.15) is 22.2 Å². The van der Waals surface area contributed by atoms with Crippen LogP contribution in [0.25, 0.3) is 11.0 Å². The highest BCUT2D eigenvalue weighted by Crippen LogP contribution is 2.19. The first-order valence-corrected chi connectivity index (χ1v) is 5.46. The molecule has 0 saturated heterocycles. The van der Waals surface area contributed by atoms with Gasteiger partial charge in [-0.25, -0.2) is 14.2 Å². The van der Waals surface area contributed by atoms with Crippen LogP contribution in [0.2, 0.25) is 5.15 Å². The summed E-state index contributed by atoms with van der Waals surface area (Å²) in [7, 11) is 0. The number of aromatic carboxylic acids is 1. The van der Waals surface area contributed by atoms with E-state index < -0.39 is 22.8 Å². The second-order valence-corrected chi connectivity index (χ2v) is 3.93. The number of hydrogen-bond acceptors (Lipinski definition) is 3. The van der Waals surface area contributed by atoms with Gasteiger partial charge in [-0.1, -0.05) is 11.6 Å². The highest BCUT2D eigenvalue weighted by atomic mass is 35.5. The molecule has 5 nitrogen and oxygen atoms in total. The number of carboxylic acids is 1. The van der Waals surface area contributed by atoms with Crippen molar-refractivity contribution >= 4 is 28.6 Å². The lowest BCUT2D eigenvalue weighted by Gasteiger charge is -2.12. The van der Waals surface area contributed by atoms with Gasteiger partial charge in [-0.3, -0.25) is 4.79 Å². The molecule has 2 aromatic heterocycles. The third-order valence-corrected chi connectivity index (χ3v) is 2.93. The summed E-state index contributed by atoms with van der Waals surface area (Å²) in [4.78, 5) is 26.7. The molecule has 0 radical (unpaired) electrons. The van der Waals surface area contributed by atoms with E-state index in [1.165, 1.54) is 4.57 Å². The Morgan fingerprint density at radius 1 is 1.61 bits per heavy atom. The number of carbonyl (C=O) groups is 1. The van der Waals surface area contributed by atoms with E-state index in [0.717, 1.165) is 12.3 Å². The van der Waals surface area contributed by atoms with Crippen molar-refractivity contribution in [3.05, 3.63) is 39.0 Å². The molecule has 0 aromatic carbocycles. The summed E-state index contributed by atoms with van der Waals surface area (Å²) >= 11 is 5.88. The maximum atomic E-state index is 13.1. The number of carboxylic acid groups (broad SMARTS) is 1. The van der Waals surface area contributed by atoms with Crippen molar-refractivity contribution in [1.82, 2.24) is 9.55 Å². The fourth-order valence-corrected chi connectivity index (χ4v) is 2.11. The van der Waals surface area contributed by atoms with Gasteiger partial charge in [0.2, 0.25) is 5.43 Å². The highest BCUT2D eigenvalue weighted by molar-refractivity contribution is 6.33. The van der Waals surface area contributed by atoms with Crippen molar-refractivity contribution in [3.63, 3.8) is 0 Å². The topological polar surface area (TPSA) is 72.2 Å². The molecule has 2 heterocycles. The summed E-state index contributed by atoms with van der Waals surface area (Å²) in [5, 5.41) is 8.68. The van der Waals surface area contributed by atoms with Gasteiger partial charge >= 0.3 is 5.97 Å². The molecule has 7 heteroatoms. The van der Waals surface area contributed by atoms with Crippen LogP contribution in [-0.2, 0) is 6.54 Å². The third-order valence-electron chi connectivity index (χ3n) is 2.53. The van der Waals surface area contributed by atoms with Gasteiger partial charge in [0.05, 0.1) is 11.6 Å². The monoisotopic (exact) mass is 270 g/mol. The number of hydrogen-bond donors (Lipinski definition) is 1. The summed E-state index contributed by atoms with van der Waals surface area (Å²) in [5.41, 5.74) is -1.24. The molecule has 0 unspecified atom stereocenters. The van der Waals surface area contributed by atoms with Crippen LogP contribution < -0.4 is 5.43 Å². The molecule has 0 aliphatic carbocycles. The molecule has 0 aliphatic rings. The number of halogens is 2. The molecule has 0 atom stereocenters. The quantitative estimate of drug-likeness (QED) is 0.846. The van der Waals surface area contributed by atoms with E-state index in [1.54, 1.807) is 6.92 Å². The molecule has 0 bridgehead atoms. The van der Waals surface area contributed by atoms with E-state index in [1.807, 2.05) is 0 Å². The van der Waals surface area contributed by atoms with Crippen molar-refractivity contribution in [1.29, 1.82) is 0 Å². The minimum Gasteiger partial charge on any atom is -0.477 e. The van der Waals surface area contributed by atoms with Crippen molar-refractivity contribution in [3.8, 4) is 0 Å². The van der Waals surface area contributed by atoms with E-state index >= 15 is 0 Å². The average Bonchev–Trinajstić information content (AvgIpc) is 2.30. The predicted octanol–water partition coefficient (Wildman–Crippen LogP) is 1.91. The van der Waals surface area contributed by atoms with Crippen LogP contribution >= 0.6 is 11.6 Å². The summed E-state index contributed by atoms with van der Waals surface area (Å²) in [6, 6.07) is 0.958. The molecule has 0 saturated carbocycles. The van der Waals surface area contributed by atoms with Crippen LogP contribution in [0.5, 0.6) is 0 Å². The van der Waals surface area contributed by atoms with Crippen LogP contribution in [0.15, 0.2) is 17.1 Å². The number of aryl methyl sites for hydroxylation is 1. The van der Waals surface area contributed by atoms with Gasteiger partial charge in [-0.2, -0.15) is 0 Å². The van der Waals surface area contributed by atoms with Crippen molar-refractivity contribution in [2.75, 3.05) is 0 Å². The standard InChI is InChI=1S/C11H8ClFN2O3/c1-2-15-9(12)7(11(17)18)8(16)6-3-5(13)4-14-10(6)15/h3-4H,2H2,1H3,(H,17,18). The molecule has 0 amide bonds. The zero-order chi connectivity index (χ0) is 13.4. The largest absolute Gasteiger partial charge is 0.477 e. The molecular formula is C11H8ClFN2O3. The first kappa shape index (κ1) is 12.5. The Morgan fingerprint density at radius 2 is 2.28 bits per heavy atom. The van der Waals surface area contributed by atoms with Crippen molar-refractivity contribution < 1.29 is 14.3 Å². The average molecular weight is 271 g/mol. The lowest BCUT2D eigenvalue weighted by atomic mass is 10.2. The van der Waals surface area contributed by atoms with Gasteiger partial charge in [0, 0.05) is 6.54 Å². The smallest absolute Gasteiger partial charge is 0.342 e. The Labute approximate surface area is 105 Å². The van der Waals surface area contributed by atoms with Crippen molar-refractivity contribution in [2.24, 2.45) is 0 Å². The van der Waals surface area contributed by atoms with Crippen LogP contribution in [-0.4, -0.2) is 20.6 Å². The number of pyridine rings is 2. The fraction of sp³-hybridized carbons (Fsp3) is 0.182. The van der Waals surface area contributed by atoms with E-state index in [4.69, 9.17) is 16.7 Å². The molecule has 2 aromatic rings. The fourth-order valence-electron chi connectivity index (χ4n) is 1.74. The minimum atomic E-state index is -1.45. The molecule has 0 spiro atoms. The molecular weight excluding hydrogens is 263 g/mol. The minimum absolute atomic E-state index is 0.0985. The Bertz CT molecular complexity index is 711. The Kier molecular flexibility index (Phi) is 3.04. The Balaban J connectivity index is 3.06. The second-order valence-electron chi connectivity index (χ2n) is 3.57. The lowest BCUT2D eigenvalue weighted by molar-refractivity contribution is 0.0695. The number of rotatable bonds is 2. The summed E-state index contributed by atoms with van der Waals surface area (Å²) < 4.78 is 14.4. The molecule has 94 valence electrons. The zero-order valence-electron chi connectivity index (χ0n) is 9.28. The van der Waals surface area contributed by atoms with Crippen LogP contribution in [0, 0.1) is 5.82 Å². The van der Waals surface area contributed by atoms with E-state index in [2.05, 4.69) is 4.98 Å². The van der Waals surface area contributed by atoms with Gasteiger partial charge in [0.15, 0.2) is 0 Å². The number of nitrogens with zero attached hydrogens (tertiary/aromatic N) is 2. The van der Waals surface area contributed by atoms with Crippen LogP contribution in [0.1, 0.15) is 17.3 Å². The molecule has 18 heavy (non-hydrogen) atoms. The SMILES string of the molecule is CCn1c(Cl)c(C(=O)O)c(=O)c2cc(F)cnc21. The van der Waals surface area contributed by atoms with Gasteiger partial charge < -0.3 is 9.67 Å². The lowest BCUT2D eigenvalue weighted by Crippen LogP contribution is -2.21. The van der Waals surface area contributed by atoms with E-state index in [9.17, 15) is 14.0 Å². The summed E-state index contributed by atoms with van der Waals surface area (Å²) in [6.07, 6.45) is 0.949. The maximum Gasteiger partial charge on any atom is 0.342 e. The molecule has 0 fully saturated rings. The van der Waals surface area contributed by atoms with E-state index in [-0.39, 0.29) is 16.2 Å². The normalized spacial score (nSPS) is 10.8. The summed E-state index contributed by atoms with van der Waals surface area (Å²) in [6.45, 7) is 2.03. The molecule has 0 aliphatic heterocycles. The Morgan fingerprint density at radius 3 is 2.83 bits per heavy atom. The molecule has 1 N–H and O–H groups in total. The first-order chi connectivity index (χ1) is 8.47. The predicted molar refractivity (Wildman–Crippen MR) is 63.6 cm³/mol. The first-order valence-electron chi connectivity index (χ1n) is 5.08. The van der Waals surface area contributed by atoms with Gasteiger partial charge in [-0.15, -0.1) is 0 Å². The number of fused-ring (bicyclic) bond motifs is 1. The summed E-state index contributed by atoms with van der Waals surface area (Å²) in [5.74, 6) is -2.15. The third kappa shape index (κ3) is 1.74. The van der Waals surface area contributed by atoms with Crippen LogP contribution in [0.3, 0.4) is 0 Å². The zero-order valence-corrected chi connectivity index (χ0v) is 10.0.